The number of carbonyl (C=O) groups is 1. The van der Waals surface area contributed by atoms with E-state index in [1.54, 1.807) is 30.3 Å². The molecule has 0 spiro atoms. The van der Waals surface area contributed by atoms with Gasteiger partial charge < -0.3 is 19.7 Å². The SMILES string of the molecule is COc1ccc2c3c(cnc2c1)NCC(C=O)N3Cc1c(F)cc(SCc2ccccc2)cc1F. The summed E-state index contributed by atoms with van der Waals surface area (Å²) in [6, 6.07) is 17.3. The number of nitrogens with one attached hydrogen (secondary N) is 1. The lowest BCUT2D eigenvalue weighted by Gasteiger charge is -2.37. The summed E-state index contributed by atoms with van der Waals surface area (Å²) in [6.07, 6.45) is 2.47. The van der Waals surface area contributed by atoms with Crippen LogP contribution in [0.3, 0.4) is 0 Å². The predicted molar refractivity (Wildman–Crippen MR) is 135 cm³/mol. The Morgan fingerprint density at radius 2 is 1.91 bits per heavy atom. The Balaban J connectivity index is 1.48. The Morgan fingerprint density at radius 3 is 2.63 bits per heavy atom. The molecule has 0 aliphatic carbocycles. The molecular weight excluding hydrogens is 468 g/mol. The second-order valence-electron chi connectivity index (χ2n) is 8.26. The van der Waals surface area contributed by atoms with E-state index in [0.717, 1.165) is 17.2 Å². The summed E-state index contributed by atoms with van der Waals surface area (Å²) in [5, 5.41) is 3.98. The average Bonchev–Trinajstić information content (AvgIpc) is 2.89. The second-order valence-corrected chi connectivity index (χ2v) is 9.30. The number of pyridine rings is 1. The van der Waals surface area contributed by atoms with Gasteiger partial charge >= 0.3 is 0 Å². The average molecular weight is 492 g/mol. The minimum Gasteiger partial charge on any atom is -0.497 e. The summed E-state index contributed by atoms with van der Waals surface area (Å²) in [6.45, 7) is 0.221. The van der Waals surface area contributed by atoms with Gasteiger partial charge in [-0.25, -0.2) is 8.78 Å². The van der Waals surface area contributed by atoms with Gasteiger partial charge in [0.2, 0.25) is 0 Å². The van der Waals surface area contributed by atoms with Gasteiger partial charge in [0.25, 0.3) is 0 Å². The fourth-order valence-corrected chi connectivity index (χ4v) is 5.16. The third kappa shape index (κ3) is 4.66. The topological polar surface area (TPSA) is 54.5 Å². The van der Waals surface area contributed by atoms with E-state index in [1.165, 1.54) is 23.9 Å². The molecule has 4 aromatic rings. The molecule has 1 aliphatic rings. The maximum absolute atomic E-state index is 15.2. The van der Waals surface area contributed by atoms with E-state index < -0.39 is 17.7 Å². The first-order valence-corrected chi connectivity index (χ1v) is 12.1. The summed E-state index contributed by atoms with van der Waals surface area (Å²) < 4.78 is 35.7. The molecule has 8 heteroatoms. The lowest BCUT2D eigenvalue weighted by molar-refractivity contribution is -0.108. The van der Waals surface area contributed by atoms with Gasteiger partial charge in [-0.15, -0.1) is 11.8 Å². The molecule has 1 aromatic heterocycles. The number of benzene rings is 3. The van der Waals surface area contributed by atoms with Gasteiger partial charge in [0.15, 0.2) is 0 Å². The van der Waals surface area contributed by atoms with Crippen molar-refractivity contribution in [3.8, 4) is 5.75 Å². The zero-order valence-electron chi connectivity index (χ0n) is 19.0. The van der Waals surface area contributed by atoms with E-state index in [2.05, 4.69) is 10.3 Å². The van der Waals surface area contributed by atoms with Crippen LogP contribution in [0.15, 0.2) is 71.8 Å². The fraction of sp³-hybridized carbons (Fsp3) is 0.185. The van der Waals surface area contributed by atoms with Gasteiger partial charge in [-0.3, -0.25) is 4.98 Å². The van der Waals surface area contributed by atoms with Crippen LogP contribution in [-0.2, 0) is 17.1 Å². The molecule has 0 amide bonds. The molecule has 0 saturated carbocycles. The van der Waals surface area contributed by atoms with Crippen LogP contribution in [0.1, 0.15) is 11.1 Å². The highest BCUT2D eigenvalue weighted by Crippen LogP contribution is 2.39. The molecule has 1 aliphatic heterocycles. The molecule has 5 nitrogen and oxygen atoms in total. The summed E-state index contributed by atoms with van der Waals surface area (Å²) in [4.78, 5) is 18.7. The number of thioether (sulfide) groups is 1. The minimum atomic E-state index is -0.634. The van der Waals surface area contributed by atoms with Gasteiger partial charge in [-0.2, -0.15) is 0 Å². The van der Waals surface area contributed by atoms with E-state index >= 15 is 8.78 Å². The van der Waals surface area contributed by atoms with Gasteiger partial charge in [0.05, 0.1) is 30.2 Å². The molecule has 0 bridgehead atoms. The number of methoxy groups -OCH3 is 1. The lowest BCUT2D eigenvalue weighted by Crippen LogP contribution is -2.45. The fourth-order valence-electron chi connectivity index (χ4n) is 4.26. The predicted octanol–water partition coefficient (Wildman–Crippen LogP) is 5.81. The van der Waals surface area contributed by atoms with Crippen molar-refractivity contribution in [3.63, 3.8) is 0 Å². The van der Waals surface area contributed by atoms with Crippen molar-refractivity contribution in [2.24, 2.45) is 0 Å². The Kier molecular flexibility index (Phi) is 6.55. The highest BCUT2D eigenvalue weighted by molar-refractivity contribution is 7.98. The van der Waals surface area contributed by atoms with Crippen LogP contribution < -0.4 is 15.0 Å². The van der Waals surface area contributed by atoms with Crippen molar-refractivity contribution in [2.45, 2.75) is 23.2 Å². The van der Waals surface area contributed by atoms with E-state index in [1.807, 2.05) is 36.4 Å². The molecule has 1 unspecified atom stereocenters. The smallest absolute Gasteiger partial charge is 0.144 e. The van der Waals surface area contributed by atoms with Crippen LogP contribution in [-0.4, -0.2) is 31.0 Å². The van der Waals surface area contributed by atoms with Crippen molar-refractivity contribution < 1.29 is 18.3 Å². The quantitative estimate of drug-likeness (QED) is 0.260. The molecular formula is C27H23F2N3O2S. The number of fused-ring (bicyclic) bond motifs is 3. The number of hydrogen-bond acceptors (Lipinski definition) is 6. The molecule has 0 saturated heterocycles. The first-order chi connectivity index (χ1) is 17.1. The number of anilines is 2. The van der Waals surface area contributed by atoms with Crippen LogP contribution in [0, 0.1) is 11.6 Å². The zero-order chi connectivity index (χ0) is 24.4. The zero-order valence-corrected chi connectivity index (χ0v) is 19.8. The first-order valence-electron chi connectivity index (χ1n) is 11.1. The van der Waals surface area contributed by atoms with Gasteiger partial charge in [-0.1, -0.05) is 30.3 Å². The molecule has 0 radical (unpaired) electrons. The van der Waals surface area contributed by atoms with Gasteiger partial charge in [-0.05, 0) is 29.8 Å². The van der Waals surface area contributed by atoms with Crippen LogP contribution in [0.4, 0.5) is 20.2 Å². The van der Waals surface area contributed by atoms with Crippen molar-refractivity contribution in [3.05, 3.63) is 89.6 Å². The van der Waals surface area contributed by atoms with Crippen molar-refractivity contribution in [1.82, 2.24) is 4.98 Å². The molecule has 1 N–H and O–H groups in total. The first kappa shape index (κ1) is 23.1. The molecule has 35 heavy (non-hydrogen) atoms. The Bertz CT molecular complexity index is 1360. The Hall–Kier alpha value is -3.65. The number of aldehydes is 1. The Morgan fingerprint density at radius 1 is 1.14 bits per heavy atom. The molecule has 0 fully saturated rings. The maximum atomic E-state index is 15.2. The number of aromatic nitrogens is 1. The number of hydrogen-bond donors (Lipinski definition) is 1. The molecule has 2 heterocycles. The maximum Gasteiger partial charge on any atom is 0.144 e. The standard InChI is InChI=1S/C27H23F2N3O2S/c1-34-19-7-8-21-25(9-19)31-13-26-27(21)32(18(15-33)12-30-26)14-22-23(28)10-20(11-24(22)29)35-16-17-5-3-2-4-6-17/h2-11,13,15,18,30H,12,14,16H2,1H3. The van der Waals surface area contributed by atoms with Crippen molar-refractivity contribution >= 4 is 40.3 Å². The van der Waals surface area contributed by atoms with Crippen LogP contribution in [0.2, 0.25) is 0 Å². The third-order valence-corrected chi connectivity index (χ3v) is 7.13. The second kappa shape index (κ2) is 9.92. The highest BCUT2D eigenvalue weighted by atomic mass is 32.2. The van der Waals surface area contributed by atoms with Crippen LogP contribution >= 0.6 is 11.8 Å². The summed E-state index contributed by atoms with van der Waals surface area (Å²) in [5.41, 5.74) is 3.05. The van der Waals surface area contributed by atoms with Crippen molar-refractivity contribution in [1.29, 1.82) is 0 Å². The lowest BCUT2D eigenvalue weighted by atomic mass is 10.0. The summed E-state index contributed by atoms with van der Waals surface area (Å²) in [7, 11) is 1.57. The van der Waals surface area contributed by atoms with E-state index in [9.17, 15) is 4.79 Å². The molecule has 3 aromatic carbocycles. The largest absolute Gasteiger partial charge is 0.497 e. The molecule has 178 valence electrons. The third-order valence-electron chi connectivity index (χ3n) is 6.09. The van der Waals surface area contributed by atoms with E-state index in [0.29, 0.717) is 39.8 Å². The number of rotatable bonds is 7. The van der Waals surface area contributed by atoms with Crippen LogP contribution in [0.5, 0.6) is 5.75 Å². The summed E-state index contributed by atoms with van der Waals surface area (Å²) >= 11 is 1.38. The Labute approximate surface area is 206 Å². The number of halogens is 2. The van der Waals surface area contributed by atoms with Crippen LogP contribution in [0.25, 0.3) is 10.9 Å². The van der Waals surface area contributed by atoms with Crippen molar-refractivity contribution in [2.75, 3.05) is 23.9 Å². The number of carbonyl (C=O) groups excluding carboxylic acids is 1. The molecule has 1 atom stereocenters. The number of ether oxygens (including phenoxy) is 1. The van der Waals surface area contributed by atoms with Gasteiger partial charge in [0.1, 0.15) is 29.7 Å². The minimum absolute atomic E-state index is 0.0766. The van der Waals surface area contributed by atoms with Gasteiger partial charge in [0, 0.05) is 40.8 Å². The normalized spacial score (nSPS) is 14.9. The monoisotopic (exact) mass is 491 g/mol. The molecule has 5 rings (SSSR count). The highest BCUT2D eigenvalue weighted by Gasteiger charge is 2.30. The summed E-state index contributed by atoms with van der Waals surface area (Å²) in [5.74, 6) is -0.0107. The number of nitrogens with zero attached hydrogens (tertiary/aromatic N) is 2. The van der Waals surface area contributed by atoms with E-state index in [-0.39, 0.29) is 12.1 Å². The van der Waals surface area contributed by atoms with E-state index in [4.69, 9.17) is 4.74 Å².